The molecule has 1 aliphatic heterocycles. The van der Waals surface area contributed by atoms with Crippen molar-refractivity contribution >= 4 is 11.8 Å². The van der Waals surface area contributed by atoms with E-state index in [1.165, 1.54) is 0 Å². The van der Waals surface area contributed by atoms with Gasteiger partial charge in [0, 0.05) is 13.1 Å². The Morgan fingerprint density at radius 1 is 1.33 bits per heavy atom. The number of benzene rings is 1. The lowest BCUT2D eigenvalue weighted by molar-refractivity contribution is -0.153. The van der Waals surface area contributed by atoms with Gasteiger partial charge in [-0.05, 0) is 39.8 Å². The molecule has 1 aliphatic rings. The second-order valence-corrected chi connectivity index (χ2v) is 5.88. The van der Waals surface area contributed by atoms with Gasteiger partial charge in [-0.2, -0.15) is 0 Å². The molecule has 1 aromatic rings. The fourth-order valence-electron chi connectivity index (χ4n) is 2.38. The molecule has 0 spiro atoms. The summed E-state index contributed by atoms with van der Waals surface area (Å²) in [6.45, 7) is 8.18. The normalized spacial score (nSPS) is 18.9. The molecule has 5 nitrogen and oxygen atoms in total. The third-order valence-electron chi connectivity index (χ3n) is 3.80. The molecule has 1 aromatic carbocycles. The molecule has 0 saturated carbocycles. The predicted octanol–water partition coefficient (Wildman–Crippen LogP) is 1.50. The van der Waals surface area contributed by atoms with Crippen LogP contribution in [0.15, 0.2) is 24.3 Å². The summed E-state index contributed by atoms with van der Waals surface area (Å²) in [4.78, 5) is 26.0. The van der Waals surface area contributed by atoms with Crippen molar-refractivity contribution in [2.24, 2.45) is 0 Å². The standard InChI is InChI=1S/C16H22N2O3/c1-11-5-7-13(8-6-11)21-12(2)14(19)18-10-9-17-15(20)16(18,3)4/h5-8,12H,9-10H2,1-4H3,(H,17,20). The van der Waals surface area contributed by atoms with Crippen molar-refractivity contribution in [3.8, 4) is 5.75 Å². The van der Waals surface area contributed by atoms with Gasteiger partial charge in [-0.1, -0.05) is 17.7 Å². The van der Waals surface area contributed by atoms with E-state index in [0.717, 1.165) is 5.56 Å². The lowest BCUT2D eigenvalue weighted by Crippen LogP contribution is -2.65. The Kier molecular flexibility index (Phi) is 4.21. The summed E-state index contributed by atoms with van der Waals surface area (Å²) < 4.78 is 5.69. The quantitative estimate of drug-likeness (QED) is 0.918. The van der Waals surface area contributed by atoms with Crippen molar-refractivity contribution < 1.29 is 14.3 Å². The highest BCUT2D eigenvalue weighted by Crippen LogP contribution is 2.21. The number of carbonyl (C=O) groups is 2. The van der Waals surface area contributed by atoms with Crippen molar-refractivity contribution in [2.45, 2.75) is 39.3 Å². The summed E-state index contributed by atoms with van der Waals surface area (Å²) in [6, 6.07) is 7.55. The molecule has 5 heteroatoms. The number of ether oxygens (including phenoxy) is 1. The monoisotopic (exact) mass is 290 g/mol. The van der Waals surface area contributed by atoms with Crippen LogP contribution in [-0.4, -0.2) is 41.4 Å². The SMILES string of the molecule is Cc1ccc(OC(C)C(=O)N2CCNC(=O)C2(C)C)cc1. The summed E-state index contributed by atoms with van der Waals surface area (Å²) in [5.74, 6) is 0.348. The molecule has 1 atom stereocenters. The van der Waals surface area contributed by atoms with E-state index in [0.29, 0.717) is 18.8 Å². The molecule has 1 heterocycles. The highest BCUT2D eigenvalue weighted by Gasteiger charge is 2.42. The van der Waals surface area contributed by atoms with Gasteiger partial charge in [-0.25, -0.2) is 0 Å². The Morgan fingerprint density at radius 2 is 1.95 bits per heavy atom. The fraction of sp³-hybridized carbons (Fsp3) is 0.500. The van der Waals surface area contributed by atoms with Crippen LogP contribution in [0.2, 0.25) is 0 Å². The van der Waals surface area contributed by atoms with Crippen molar-refractivity contribution in [3.63, 3.8) is 0 Å². The van der Waals surface area contributed by atoms with Gasteiger partial charge in [-0.15, -0.1) is 0 Å². The maximum absolute atomic E-state index is 12.6. The zero-order valence-electron chi connectivity index (χ0n) is 13.0. The van der Waals surface area contributed by atoms with Gasteiger partial charge in [0.05, 0.1) is 0 Å². The Morgan fingerprint density at radius 3 is 2.57 bits per heavy atom. The number of aryl methyl sites for hydroxylation is 1. The minimum Gasteiger partial charge on any atom is -0.481 e. The van der Waals surface area contributed by atoms with Crippen molar-refractivity contribution in [1.82, 2.24) is 10.2 Å². The van der Waals surface area contributed by atoms with E-state index in [1.54, 1.807) is 25.7 Å². The van der Waals surface area contributed by atoms with Crippen LogP contribution in [0, 0.1) is 6.92 Å². The maximum Gasteiger partial charge on any atom is 0.264 e. The highest BCUT2D eigenvalue weighted by molar-refractivity contribution is 5.93. The number of carbonyl (C=O) groups excluding carboxylic acids is 2. The first kappa shape index (κ1) is 15.4. The molecule has 2 rings (SSSR count). The molecule has 1 saturated heterocycles. The first-order chi connectivity index (χ1) is 9.82. The topological polar surface area (TPSA) is 58.6 Å². The molecule has 0 bridgehead atoms. The van der Waals surface area contributed by atoms with Crippen LogP contribution in [0.1, 0.15) is 26.3 Å². The van der Waals surface area contributed by atoms with Gasteiger partial charge in [0.2, 0.25) is 5.91 Å². The van der Waals surface area contributed by atoms with Crippen LogP contribution in [0.25, 0.3) is 0 Å². The third-order valence-corrected chi connectivity index (χ3v) is 3.80. The smallest absolute Gasteiger partial charge is 0.264 e. The van der Waals surface area contributed by atoms with Crippen LogP contribution in [0.5, 0.6) is 5.75 Å². The number of amides is 2. The number of rotatable bonds is 3. The number of nitrogens with one attached hydrogen (secondary N) is 1. The summed E-state index contributed by atoms with van der Waals surface area (Å²) >= 11 is 0. The Hall–Kier alpha value is -2.04. The van der Waals surface area contributed by atoms with Crippen molar-refractivity contribution in [3.05, 3.63) is 29.8 Å². The molecule has 1 N–H and O–H groups in total. The zero-order chi connectivity index (χ0) is 15.6. The predicted molar refractivity (Wildman–Crippen MR) is 80.1 cm³/mol. The molecular weight excluding hydrogens is 268 g/mol. The summed E-state index contributed by atoms with van der Waals surface area (Å²) in [6.07, 6.45) is -0.627. The molecule has 114 valence electrons. The third kappa shape index (κ3) is 3.17. The zero-order valence-corrected chi connectivity index (χ0v) is 13.0. The van der Waals surface area contributed by atoms with Gasteiger partial charge in [0.15, 0.2) is 6.10 Å². The van der Waals surface area contributed by atoms with Gasteiger partial charge < -0.3 is 15.0 Å². The van der Waals surface area contributed by atoms with Gasteiger partial charge >= 0.3 is 0 Å². The van der Waals surface area contributed by atoms with Gasteiger partial charge in [-0.3, -0.25) is 9.59 Å². The Bertz CT molecular complexity index is 537. The summed E-state index contributed by atoms with van der Waals surface area (Å²) in [7, 11) is 0. The summed E-state index contributed by atoms with van der Waals surface area (Å²) in [5, 5.41) is 2.78. The highest BCUT2D eigenvalue weighted by atomic mass is 16.5. The van der Waals surface area contributed by atoms with Crippen molar-refractivity contribution in [1.29, 1.82) is 0 Å². The molecule has 2 amide bonds. The molecule has 1 unspecified atom stereocenters. The first-order valence-electron chi connectivity index (χ1n) is 7.15. The number of nitrogens with zero attached hydrogens (tertiary/aromatic N) is 1. The van der Waals surface area contributed by atoms with Crippen LogP contribution in [-0.2, 0) is 9.59 Å². The average molecular weight is 290 g/mol. The lowest BCUT2D eigenvalue weighted by Gasteiger charge is -2.42. The van der Waals surface area contributed by atoms with Gasteiger partial charge in [0.1, 0.15) is 11.3 Å². The maximum atomic E-state index is 12.6. The van der Waals surface area contributed by atoms with E-state index in [-0.39, 0.29) is 11.8 Å². The second kappa shape index (κ2) is 5.76. The van der Waals surface area contributed by atoms with E-state index < -0.39 is 11.6 Å². The average Bonchev–Trinajstić information content (AvgIpc) is 2.43. The lowest BCUT2D eigenvalue weighted by atomic mass is 9.98. The van der Waals surface area contributed by atoms with E-state index in [9.17, 15) is 9.59 Å². The van der Waals surface area contributed by atoms with Crippen LogP contribution in [0.4, 0.5) is 0 Å². The number of hydrogen-bond donors (Lipinski definition) is 1. The molecule has 1 fully saturated rings. The minimum absolute atomic E-state index is 0.135. The van der Waals surface area contributed by atoms with Crippen LogP contribution >= 0.6 is 0 Å². The van der Waals surface area contributed by atoms with E-state index >= 15 is 0 Å². The van der Waals surface area contributed by atoms with Crippen LogP contribution < -0.4 is 10.1 Å². The van der Waals surface area contributed by atoms with E-state index in [1.807, 2.05) is 31.2 Å². The molecule has 0 aliphatic carbocycles. The molecular formula is C16H22N2O3. The van der Waals surface area contributed by atoms with Gasteiger partial charge in [0.25, 0.3) is 5.91 Å². The first-order valence-corrected chi connectivity index (χ1v) is 7.15. The summed E-state index contributed by atoms with van der Waals surface area (Å²) in [5.41, 5.74) is 0.287. The second-order valence-electron chi connectivity index (χ2n) is 5.88. The molecule has 0 radical (unpaired) electrons. The largest absolute Gasteiger partial charge is 0.481 e. The Balaban J connectivity index is 2.08. The van der Waals surface area contributed by atoms with E-state index in [2.05, 4.69) is 5.32 Å². The molecule has 0 aromatic heterocycles. The Labute approximate surface area is 125 Å². The fourth-order valence-corrected chi connectivity index (χ4v) is 2.38. The minimum atomic E-state index is -0.847. The number of piperazine rings is 1. The molecule has 21 heavy (non-hydrogen) atoms. The number of hydrogen-bond acceptors (Lipinski definition) is 3. The van der Waals surface area contributed by atoms with E-state index in [4.69, 9.17) is 4.74 Å². The van der Waals surface area contributed by atoms with Crippen LogP contribution in [0.3, 0.4) is 0 Å². The van der Waals surface area contributed by atoms with Crippen molar-refractivity contribution in [2.75, 3.05) is 13.1 Å².